The zero-order valence-corrected chi connectivity index (χ0v) is 18.8. The highest BCUT2D eigenvalue weighted by Gasteiger charge is 2.47. The number of hydrogen-bond acceptors (Lipinski definition) is 4. The second-order valence-electron chi connectivity index (χ2n) is 8.72. The van der Waals surface area contributed by atoms with E-state index in [1.165, 1.54) is 4.90 Å². The van der Waals surface area contributed by atoms with Gasteiger partial charge < -0.3 is 15.1 Å². The van der Waals surface area contributed by atoms with Gasteiger partial charge in [-0.2, -0.15) is 4.99 Å². The quantitative estimate of drug-likeness (QED) is 0.715. The molecular weight excluding hydrogens is 428 g/mol. The van der Waals surface area contributed by atoms with Crippen molar-refractivity contribution in [2.24, 2.45) is 4.99 Å². The normalized spacial score (nSPS) is 22.5. The van der Waals surface area contributed by atoms with Gasteiger partial charge in [0.05, 0.1) is 13.0 Å². The molecule has 1 saturated carbocycles. The van der Waals surface area contributed by atoms with Crippen LogP contribution in [0.2, 0.25) is 5.02 Å². The van der Waals surface area contributed by atoms with Crippen LogP contribution >= 0.6 is 11.6 Å². The fourth-order valence-electron chi connectivity index (χ4n) is 4.54. The van der Waals surface area contributed by atoms with Gasteiger partial charge in [-0.25, -0.2) is 0 Å². The van der Waals surface area contributed by atoms with Gasteiger partial charge in [-0.1, -0.05) is 42.7 Å². The lowest BCUT2D eigenvalue weighted by molar-refractivity contribution is -0.146. The smallest absolute Gasteiger partial charge is 0.250 e. The second kappa shape index (κ2) is 9.28. The Kier molecular flexibility index (Phi) is 6.46. The molecular formula is C24H27ClN4O3. The first-order chi connectivity index (χ1) is 15.3. The predicted molar refractivity (Wildman–Crippen MR) is 123 cm³/mol. The summed E-state index contributed by atoms with van der Waals surface area (Å²) >= 11 is 6.01. The Bertz CT molecular complexity index is 995. The number of hydrogen-bond donors (Lipinski definition) is 1. The summed E-state index contributed by atoms with van der Waals surface area (Å²) in [6.07, 6.45) is 11.1. The first-order valence-electron chi connectivity index (χ1n) is 10.9. The number of carbonyl (C=O) groups excluding carboxylic acids is 3. The fourth-order valence-corrected chi connectivity index (χ4v) is 4.66. The molecule has 3 amide bonds. The highest BCUT2D eigenvalue weighted by atomic mass is 35.5. The topological polar surface area (TPSA) is 82.1 Å². The van der Waals surface area contributed by atoms with Gasteiger partial charge in [-0.15, -0.1) is 0 Å². The molecule has 168 valence electrons. The second-order valence-corrected chi connectivity index (χ2v) is 9.16. The van der Waals surface area contributed by atoms with E-state index in [0.29, 0.717) is 10.9 Å². The van der Waals surface area contributed by atoms with E-state index in [4.69, 9.17) is 11.6 Å². The molecule has 1 atom stereocenters. The van der Waals surface area contributed by atoms with Crippen LogP contribution in [0, 0.1) is 0 Å². The monoisotopic (exact) mass is 454 g/mol. The number of rotatable bonds is 6. The van der Waals surface area contributed by atoms with E-state index in [2.05, 4.69) is 10.3 Å². The van der Waals surface area contributed by atoms with E-state index in [1.807, 2.05) is 12.1 Å². The van der Waals surface area contributed by atoms with Crippen molar-refractivity contribution in [3.8, 4) is 0 Å². The molecule has 0 radical (unpaired) electrons. The minimum atomic E-state index is -1.17. The van der Waals surface area contributed by atoms with E-state index < -0.39 is 5.54 Å². The SMILES string of the molecule is C[C@@]1(C(=O)N(CC(=O)NC2CCCC2)Cc2ccc(Cl)cc2)CC(=O)N=C2C=CC=CN21. The summed E-state index contributed by atoms with van der Waals surface area (Å²) in [6.45, 7) is 1.88. The van der Waals surface area contributed by atoms with E-state index in [9.17, 15) is 14.4 Å². The number of carbonyl (C=O) groups is 3. The summed E-state index contributed by atoms with van der Waals surface area (Å²) in [7, 11) is 0. The number of halogens is 1. The van der Waals surface area contributed by atoms with E-state index in [-0.39, 0.29) is 43.3 Å². The molecule has 7 nitrogen and oxygen atoms in total. The maximum Gasteiger partial charge on any atom is 0.250 e. The Balaban J connectivity index is 1.59. The molecule has 1 aromatic rings. The summed E-state index contributed by atoms with van der Waals surface area (Å²) in [5.41, 5.74) is -0.319. The van der Waals surface area contributed by atoms with Gasteiger partial charge in [0.15, 0.2) is 0 Å². The van der Waals surface area contributed by atoms with Crippen molar-refractivity contribution in [3.63, 3.8) is 0 Å². The van der Waals surface area contributed by atoms with Crippen molar-refractivity contribution >= 4 is 35.2 Å². The third kappa shape index (κ3) is 4.78. The molecule has 3 aliphatic rings. The molecule has 1 aliphatic carbocycles. The van der Waals surface area contributed by atoms with Crippen LogP contribution in [0.5, 0.6) is 0 Å². The largest absolute Gasteiger partial charge is 0.352 e. The molecule has 0 aromatic heterocycles. The Labute approximate surface area is 192 Å². The minimum Gasteiger partial charge on any atom is -0.352 e. The fraction of sp³-hybridized carbons (Fsp3) is 0.417. The number of aliphatic imine (C=N–C) groups is 1. The molecule has 0 saturated heterocycles. The number of nitrogens with zero attached hydrogens (tertiary/aromatic N) is 3. The summed E-state index contributed by atoms with van der Waals surface area (Å²) in [5.74, 6) is -0.405. The Morgan fingerprint density at radius 2 is 1.94 bits per heavy atom. The van der Waals surface area contributed by atoms with Crippen LogP contribution in [0.15, 0.2) is 53.7 Å². The van der Waals surface area contributed by atoms with Crippen molar-refractivity contribution in [1.82, 2.24) is 15.1 Å². The molecule has 1 fully saturated rings. The summed E-state index contributed by atoms with van der Waals surface area (Å²) in [4.78, 5) is 46.4. The summed E-state index contributed by atoms with van der Waals surface area (Å²) in [6, 6.07) is 7.35. The van der Waals surface area contributed by atoms with Crippen LogP contribution in [0.4, 0.5) is 0 Å². The number of fused-ring (bicyclic) bond motifs is 1. The van der Waals surface area contributed by atoms with Gasteiger partial charge in [0.2, 0.25) is 11.8 Å². The summed E-state index contributed by atoms with van der Waals surface area (Å²) in [5, 5.41) is 3.65. The highest BCUT2D eigenvalue weighted by molar-refractivity contribution is 6.30. The lowest BCUT2D eigenvalue weighted by Gasteiger charge is -2.44. The molecule has 8 heteroatoms. The van der Waals surface area contributed by atoms with E-state index in [1.54, 1.807) is 48.4 Å². The molecule has 0 unspecified atom stereocenters. The van der Waals surface area contributed by atoms with Crippen molar-refractivity contribution in [2.75, 3.05) is 6.54 Å². The van der Waals surface area contributed by atoms with Crippen LogP contribution in [0.1, 0.15) is 44.6 Å². The molecule has 1 aromatic carbocycles. The van der Waals surface area contributed by atoms with Crippen LogP contribution in [-0.4, -0.2) is 51.5 Å². The lowest BCUT2D eigenvalue weighted by atomic mass is 9.90. The number of benzene rings is 1. The number of nitrogens with one attached hydrogen (secondary N) is 1. The van der Waals surface area contributed by atoms with Gasteiger partial charge in [0.1, 0.15) is 11.4 Å². The van der Waals surface area contributed by atoms with Crippen LogP contribution in [-0.2, 0) is 20.9 Å². The standard InChI is InChI=1S/C24H27ClN4O3/c1-24(14-21(30)27-20-8-4-5-13-29(20)24)23(32)28(15-17-9-11-18(25)12-10-17)16-22(31)26-19-6-2-3-7-19/h4-5,8-13,19H,2-3,6-7,14-16H2,1H3,(H,26,31)/t24-/m0/s1. The van der Waals surface area contributed by atoms with Crippen LogP contribution in [0.3, 0.4) is 0 Å². The average molecular weight is 455 g/mol. The number of amides is 3. The van der Waals surface area contributed by atoms with Gasteiger partial charge in [-0.3, -0.25) is 14.4 Å². The van der Waals surface area contributed by atoms with Crippen molar-refractivity contribution < 1.29 is 14.4 Å². The zero-order chi connectivity index (χ0) is 22.7. The summed E-state index contributed by atoms with van der Waals surface area (Å²) < 4.78 is 0. The van der Waals surface area contributed by atoms with Crippen LogP contribution < -0.4 is 5.32 Å². The van der Waals surface area contributed by atoms with Gasteiger partial charge in [0.25, 0.3) is 5.91 Å². The first-order valence-corrected chi connectivity index (χ1v) is 11.3. The maximum absolute atomic E-state index is 13.9. The third-order valence-electron chi connectivity index (χ3n) is 6.19. The maximum atomic E-state index is 13.9. The number of amidine groups is 1. The molecule has 0 spiro atoms. The Morgan fingerprint density at radius 3 is 2.66 bits per heavy atom. The van der Waals surface area contributed by atoms with Crippen molar-refractivity contribution in [1.29, 1.82) is 0 Å². The zero-order valence-electron chi connectivity index (χ0n) is 18.1. The highest BCUT2D eigenvalue weighted by Crippen LogP contribution is 2.30. The lowest BCUT2D eigenvalue weighted by Crippen LogP contribution is -2.61. The van der Waals surface area contributed by atoms with Gasteiger partial charge >= 0.3 is 0 Å². The van der Waals surface area contributed by atoms with E-state index in [0.717, 1.165) is 31.2 Å². The predicted octanol–water partition coefficient (Wildman–Crippen LogP) is 3.20. The first kappa shape index (κ1) is 22.3. The van der Waals surface area contributed by atoms with Gasteiger partial charge in [0, 0.05) is 23.8 Å². The molecule has 32 heavy (non-hydrogen) atoms. The minimum absolute atomic E-state index is 0.0606. The van der Waals surface area contributed by atoms with Gasteiger partial charge in [-0.05, 0) is 49.6 Å². The van der Waals surface area contributed by atoms with Crippen molar-refractivity contribution in [3.05, 3.63) is 59.3 Å². The Morgan fingerprint density at radius 1 is 1.22 bits per heavy atom. The van der Waals surface area contributed by atoms with E-state index >= 15 is 0 Å². The third-order valence-corrected chi connectivity index (χ3v) is 6.45. The average Bonchev–Trinajstić information content (AvgIpc) is 3.27. The molecule has 4 rings (SSSR count). The Hall–Kier alpha value is -2.93. The van der Waals surface area contributed by atoms with Crippen molar-refractivity contribution in [2.45, 2.75) is 57.2 Å². The molecule has 2 heterocycles. The number of allylic oxidation sites excluding steroid dienone is 2. The molecule has 0 bridgehead atoms. The molecule has 2 aliphatic heterocycles. The molecule has 1 N–H and O–H groups in total. The van der Waals surface area contributed by atoms with Crippen LogP contribution in [0.25, 0.3) is 0 Å².